The Kier molecular flexibility index (Phi) is 12.8. The standard InChI is InChI=1S/C24H32N2O8Si2.2CH4/c1-15(27)20-11-16(7-9-18(20)23(29)30)33-17-8-10-19(24(31)32)21(12-17)22(28)26-14-36(5,6)34-35(3,4)13-25-2;;/h7-12,25H,13-14H2,1-6H3,(H,26,28)(H,29,30)(H,31,32);2*1H4. The molecule has 0 aromatic heterocycles. The van der Waals surface area contributed by atoms with Crippen LogP contribution in [0, 0.1) is 0 Å². The third kappa shape index (κ3) is 9.52. The summed E-state index contributed by atoms with van der Waals surface area (Å²) in [5, 5.41) is 24.8. The Morgan fingerprint density at radius 3 is 1.66 bits per heavy atom. The van der Waals surface area contributed by atoms with Crippen LogP contribution in [0.4, 0.5) is 0 Å². The van der Waals surface area contributed by atoms with E-state index in [0.29, 0.717) is 0 Å². The summed E-state index contributed by atoms with van der Waals surface area (Å²) < 4.78 is 12.1. The summed E-state index contributed by atoms with van der Waals surface area (Å²) in [7, 11) is -2.40. The van der Waals surface area contributed by atoms with Crippen LogP contribution in [0.5, 0.6) is 11.5 Å². The van der Waals surface area contributed by atoms with Crippen molar-refractivity contribution in [2.75, 3.05) is 19.4 Å². The Labute approximate surface area is 226 Å². The molecule has 0 radical (unpaired) electrons. The van der Waals surface area contributed by atoms with E-state index in [9.17, 15) is 29.4 Å². The molecule has 0 spiro atoms. The van der Waals surface area contributed by atoms with Gasteiger partial charge in [0.15, 0.2) is 22.4 Å². The minimum absolute atomic E-state index is 0. The highest BCUT2D eigenvalue weighted by Gasteiger charge is 2.33. The van der Waals surface area contributed by atoms with Crippen molar-refractivity contribution in [3.63, 3.8) is 0 Å². The average Bonchev–Trinajstić information content (AvgIpc) is 2.76. The second kappa shape index (κ2) is 14.0. The van der Waals surface area contributed by atoms with Crippen molar-refractivity contribution in [2.45, 2.75) is 48.0 Å². The lowest BCUT2D eigenvalue weighted by Gasteiger charge is -2.34. The molecule has 10 nitrogen and oxygen atoms in total. The van der Waals surface area contributed by atoms with Crippen molar-refractivity contribution >= 4 is 40.3 Å². The molecule has 210 valence electrons. The number of aromatic carboxylic acids is 2. The number of hydrogen-bond acceptors (Lipinski definition) is 7. The fourth-order valence-electron chi connectivity index (χ4n) is 3.80. The molecule has 12 heteroatoms. The van der Waals surface area contributed by atoms with Crippen LogP contribution in [-0.2, 0) is 4.12 Å². The lowest BCUT2D eigenvalue weighted by Crippen LogP contribution is -2.55. The van der Waals surface area contributed by atoms with Gasteiger partial charge in [-0.25, -0.2) is 9.59 Å². The normalized spacial score (nSPS) is 11.0. The van der Waals surface area contributed by atoms with Crippen LogP contribution >= 0.6 is 0 Å². The second-order valence-corrected chi connectivity index (χ2v) is 18.1. The van der Waals surface area contributed by atoms with Crippen molar-refractivity contribution < 1.29 is 38.2 Å². The van der Waals surface area contributed by atoms with Crippen LogP contribution < -0.4 is 15.4 Å². The van der Waals surface area contributed by atoms with Gasteiger partial charge in [0.05, 0.1) is 16.7 Å². The van der Waals surface area contributed by atoms with E-state index in [0.717, 1.165) is 6.17 Å². The van der Waals surface area contributed by atoms with Crippen molar-refractivity contribution in [1.82, 2.24) is 10.6 Å². The van der Waals surface area contributed by atoms with Crippen molar-refractivity contribution in [3.05, 3.63) is 58.7 Å². The molecular formula is C26H40N2O8Si2. The highest BCUT2D eigenvalue weighted by Crippen LogP contribution is 2.27. The van der Waals surface area contributed by atoms with E-state index in [-0.39, 0.29) is 54.8 Å². The van der Waals surface area contributed by atoms with Crippen LogP contribution in [0.1, 0.15) is 63.2 Å². The molecule has 0 fully saturated rings. The van der Waals surface area contributed by atoms with Gasteiger partial charge in [-0.05, 0) is 76.6 Å². The van der Waals surface area contributed by atoms with Crippen molar-refractivity contribution in [2.24, 2.45) is 0 Å². The zero-order valence-corrected chi connectivity index (χ0v) is 23.2. The van der Waals surface area contributed by atoms with Gasteiger partial charge in [-0.3, -0.25) is 9.59 Å². The maximum Gasteiger partial charge on any atom is 0.336 e. The van der Waals surface area contributed by atoms with Gasteiger partial charge in [0.25, 0.3) is 5.91 Å². The van der Waals surface area contributed by atoms with E-state index in [1.165, 1.54) is 43.3 Å². The predicted molar refractivity (Wildman–Crippen MR) is 153 cm³/mol. The molecule has 0 bridgehead atoms. The molecule has 0 unspecified atom stereocenters. The van der Waals surface area contributed by atoms with Gasteiger partial charge in [0.1, 0.15) is 11.5 Å². The molecule has 0 aliphatic heterocycles. The first-order valence-corrected chi connectivity index (χ1v) is 17.5. The first kappa shape index (κ1) is 34.7. The van der Waals surface area contributed by atoms with Crippen LogP contribution in [0.2, 0.25) is 26.2 Å². The zero-order valence-electron chi connectivity index (χ0n) is 21.2. The summed E-state index contributed by atoms with van der Waals surface area (Å²) in [6, 6.07) is 7.85. The Bertz CT molecular complexity index is 1180. The second-order valence-electron chi connectivity index (χ2n) is 9.52. The van der Waals surface area contributed by atoms with Gasteiger partial charge < -0.3 is 29.7 Å². The van der Waals surface area contributed by atoms with Gasteiger partial charge in [0.2, 0.25) is 0 Å². The third-order valence-electron chi connectivity index (χ3n) is 5.13. The first-order chi connectivity index (χ1) is 16.7. The fourth-order valence-corrected chi connectivity index (χ4v) is 11.8. The number of amides is 1. The summed E-state index contributed by atoms with van der Waals surface area (Å²) in [5.74, 6) is -3.23. The number of ketones is 1. The summed E-state index contributed by atoms with van der Waals surface area (Å²) in [6.45, 7) is 9.39. The molecule has 0 atom stereocenters. The SMILES string of the molecule is C.C.CNC[Si](C)(C)O[Si](C)(C)CNC(=O)c1cc(Oc2ccc(C(=O)O)c(C(C)=O)c2)ccc1C(=O)O. The Morgan fingerprint density at radius 1 is 0.763 bits per heavy atom. The summed E-state index contributed by atoms with van der Waals surface area (Å²) in [5.41, 5.74) is -0.482. The lowest BCUT2D eigenvalue weighted by molar-refractivity contribution is 0.0683. The van der Waals surface area contributed by atoms with E-state index in [1.54, 1.807) is 0 Å². The molecule has 1 amide bonds. The number of carbonyl (C=O) groups is 4. The molecule has 2 rings (SSSR count). The highest BCUT2D eigenvalue weighted by atomic mass is 28.4. The number of nitrogens with one attached hydrogen (secondary N) is 2. The Balaban J connectivity index is 0.00000684. The number of rotatable bonds is 12. The fraction of sp³-hybridized carbons (Fsp3) is 0.385. The minimum Gasteiger partial charge on any atom is -0.478 e. The molecule has 2 aromatic rings. The minimum atomic E-state index is -2.29. The third-order valence-corrected chi connectivity index (χ3v) is 11.8. The lowest BCUT2D eigenvalue weighted by atomic mass is 10.0. The topological polar surface area (TPSA) is 151 Å². The van der Waals surface area contributed by atoms with Crippen LogP contribution in [-0.4, -0.2) is 69.9 Å². The average molecular weight is 565 g/mol. The van der Waals surface area contributed by atoms with E-state index < -0.39 is 40.3 Å². The van der Waals surface area contributed by atoms with Gasteiger partial charge >= 0.3 is 11.9 Å². The number of ether oxygens (including phenoxy) is 1. The maximum absolute atomic E-state index is 13.0. The van der Waals surface area contributed by atoms with Gasteiger partial charge in [0, 0.05) is 17.9 Å². The summed E-state index contributed by atoms with van der Waals surface area (Å²) in [4.78, 5) is 48.0. The number of carbonyl (C=O) groups excluding carboxylic acids is 2. The van der Waals surface area contributed by atoms with E-state index in [4.69, 9.17) is 8.85 Å². The molecule has 2 aromatic carbocycles. The molecule has 4 N–H and O–H groups in total. The van der Waals surface area contributed by atoms with Crippen LogP contribution in [0.3, 0.4) is 0 Å². The predicted octanol–water partition coefficient (Wildman–Crippen LogP) is 4.80. The summed E-state index contributed by atoms with van der Waals surface area (Å²) in [6.07, 6.45) is 1.05. The van der Waals surface area contributed by atoms with Gasteiger partial charge in [-0.15, -0.1) is 0 Å². The number of carboxylic acids is 2. The molecule has 0 saturated heterocycles. The molecule has 0 aliphatic carbocycles. The first-order valence-electron chi connectivity index (χ1n) is 11.2. The Morgan fingerprint density at radius 2 is 1.21 bits per heavy atom. The molecule has 0 aliphatic rings. The van der Waals surface area contributed by atoms with Gasteiger partial charge in [-0.1, -0.05) is 14.9 Å². The van der Waals surface area contributed by atoms with E-state index in [2.05, 4.69) is 23.7 Å². The zero-order chi connectivity index (χ0) is 27.3. The molecule has 38 heavy (non-hydrogen) atoms. The maximum atomic E-state index is 13.0. The number of hydrogen-bond donors (Lipinski definition) is 4. The van der Waals surface area contributed by atoms with Gasteiger partial charge in [-0.2, -0.15) is 0 Å². The number of Topliss-reactive ketones (excluding diaryl/α,β-unsaturated/α-hetero) is 1. The highest BCUT2D eigenvalue weighted by molar-refractivity contribution is 6.85. The monoisotopic (exact) mass is 564 g/mol. The molecule has 0 saturated carbocycles. The van der Waals surface area contributed by atoms with Crippen LogP contribution in [0.25, 0.3) is 0 Å². The largest absolute Gasteiger partial charge is 0.478 e. The van der Waals surface area contributed by atoms with Crippen molar-refractivity contribution in [3.8, 4) is 11.5 Å². The number of benzene rings is 2. The van der Waals surface area contributed by atoms with Crippen molar-refractivity contribution in [1.29, 1.82) is 0 Å². The molecular weight excluding hydrogens is 524 g/mol. The van der Waals surface area contributed by atoms with E-state index in [1.807, 2.05) is 20.1 Å². The molecule has 0 heterocycles. The summed E-state index contributed by atoms with van der Waals surface area (Å²) >= 11 is 0. The smallest absolute Gasteiger partial charge is 0.336 e. The van der Waals surface area contributed by atoms with E-state index >= 15 is 0 Å². The van der Waals surface area contributed by atoms with Crippen LogP contribution in [0.15, 0.2) is 36.4 Å². The Hall–Kier alpha value is -3.33. The quantitative estimate of drug-likeness (QED) is 0.210. The number of carboxylic acid groups (broad SMARTS) is 2.